The molecule has 0 aliphatic carbocycles. The molecule has 0 saturated heterocycles. The Labute approximate surface area is 101 Å². The molecule has 0 fully saturated rings. The topological polar surface area (TPSA) is 47.7 Å². The fraction of sp³-hybridized carbons (Fsp3) is 0.500. The molecule has 0 aromatic carbocycles. The molecule has 5 nitrogen and oxygen atoms in total. The Hall–Kier alpha value is -1.62. The zero-order chi connectivity index (χ0) is 12.3. The summed E-state index contributed by atoms with van der Waals surface area (Å²) in [6.07, 6.45) is 7.66. The number of aromatic nitrogens is 4. The minimum atomic E-state index is 0.282. The van der Waals surface area contributed by atoms with E-state index in [2.05, 4.69) is 26.0 Å². The molecule has 2 aromatic rings. The lowest BCUT2D eigenvalue weighted by Crippen LogP contribution is -2.21. The van der Waals surface area contributed by atoms with Gasteiger partial charge in [-0.3, -0.25) is 4.68 Å². The third kappa shape index (κ3) is 2.55. The minimum absolute atomic E-state index is 0.282. The van der Waals surface area contributed by atoms with E-state index in [0.29, 0.717) is 0 Å². The van der Waals surface area contributed by atoms with Gasteiger partial charge in [0.15, 0.2) is 0 Å². The maximum absolute atomic E-state index is 4.39. The Morgan fingerprint density at radius 1 is 1.35 bits per heavy atom. The van der Waals surface area contributed by atoms with Crippen molar-refractivity contribution in [2.75, 3.05) is 7.05 Å². The smallest absolute Gasteiger partial charge is 0.125 e. The van der Waals surface area contributed by atoms with Gasteiger partial charge in [0.05, 0.1) is 6.04 Å². The Bertz CT molecular complexity index is 471. The highest BCUT2D eigenvalue weighted by Gasteiger charge is 2.14. The van der Waals surface area contributed by atoms with Crippen LogP contribution in [0.3, 0.4) is 0 Å². The van der Waals surface area contributed by atoms with Crippen molar-refractivity contribution in [3.05, 3.63) is 36.2 Å². The number of nitrogens with one attached hydrogen (secondary N) is 1. The number of hydrogen-bond acceptors (Lipinski definition) is 3. The number of hydrogen-bond donors (Lipinski definition) is 1. The molecule has 2 rings (SSSR count). The molecule has 0 radical (unpaired) electrons. The Morgan fingerprint density at radius 2 is 2.18 bits per heavy atom. The first-order chi connectivity index (χ1) is 8.22. The maximum atomic E-state index is 4.39. The highest BCUT2D eigenvalue weighted by atomic mass is 15.3. The first-order valence-electron chi connectivity index (χ1n) is 5.83. The van der Waals surface area contributed by atoms with Crippen LogP contribution in [0.1, 0.15) is 24.0 Å². The molecule has 17 heavy (non-hydrogen) atoms. The predicted octanol–water partition coefficient (Wildman–Crippen LogP) is 1.05. The van der Waals surface area contributed by atoms with Gasteiger partial charge in [-0.2, -0.15) is 5.10 Å². The first kappa shape index (κ1) is 11.9. The summed E-state index contributed by atoms with van der Waals surface area (Å²) in [4.78, 5) is 4.39. The van der Waals surface area contributed by atoms with Crippen LogP contribution in [0.2, 0.25) is 0 Å². The Balaban J connectivity index is 2.02. The molecule has 92 valence electrons. The second-order valence-corrected chi connectivity index (χ2v) is 4.22. The number of aryl methyl sites for hydroxylation is 3. The molecule has 0 aliphatic rings. The van der Waals surface area contributed by atoms with E-state index in [-0.39, 0.29) is 6.04 Å². The molecule has 5 heteroatoms. The van der Waals surface area contributed by atoms with Crippen LogP contribution in [0.5, 0.6) is 0 Å². The van der Waals surface area contributed by atoms with Crippen molar-refractivity contribution in [3.63, 3.8) is 0 Å². The normalized spacial score (nSPS) is 12.9. The standard InChI is InChI=1S/C12H19N5/c1-13-11(12-14-8-9-16(12)2)5-4-10-6-7-15-17(10)3/h6-9,11,13H,4-5H2,1-3H3. The molecule has 0 aliphatic heterocycles. The summed E-state index contributed by atoms with van der Waals surface area (Å²) in [5, 5.41) is 7.49. The quantitative estimate of drug-likeness (QED) is 0.839. The van der Waals surface area contributed by atoms with E-state index in [1.54, 1.807) is 0 Å². The van der Waals surface area contributed by atoms with Crippen LogP contribution in [0.15, 0.2) is 24.7 Å². The number of nitrogens with zero attached hydrogens (tertiary/aromatic N) is 4. The third-order valence-electron chi connectivity index (χ3n) is 3.13. The van der Waals surface area contributed by atoms with Crippen LogP contribution in [0, 0.1) is 0 Å². The van der Waals surface area contributed by atoms with Crippen LogP contribution in [0.25, 0.3) is 0 Å². The zero-order valence-electron chi connectivity index (χ0n) is 10.6. The van der Waals surface area contributed by atoms with Gasteiger partial charge in [0.2, 0.25) is 0 Å². The van der Waals surface area contributed by atoms with Gasteiger partial charge in [0.25, 0.3) is 0 Å². The highest BCUT2D eigenvalue weighted by Crippen LogP contribution is 2.16. The van der Waals surface area contributed by atoms with E-state index in [1.807, 2.05) is 44.4 Å². The molecule has 0 amide bonds. The lowest BCUT2D eigenvalue weighted by atomic mass is 10.1. The van der Waals surface area contributed by atoms with E-state index >= 15 is 0 Å². The van der Waals surface area contributed by atoms with Crippen molar-refractivity contribution in [1.29, 1.82) is 0 Å². The van der Waals surface area contributed by atoms with Crippen molar-refractivity contribution in [3.8, 4) is 0 Å². The van der Waals surface area contributed by atoms with Crippen molar-refractivity contribution < 1.29 is 0 Å². The van der Waals surface area contributed by atoms with Gasteiger partial charge in [0.1, 0.15) is 5.82 Å². The molecule has 2 heterocycles. The molecular weight excluding hydrogens is 214 g/mol. The second kappa shape index (κ2) is 5.14. The van der Waals surface area contributed by atoms with Gasteiger partial charge in [-0.15, -0.1) is 0 Å². The van der Waals surface area contributed by atoms with Gasteiger partial charge in [0, 0.05) is 38.4 Å². The van der Waals surface area contributed by atoms with Crippen molar-refractivity contribution in [1.82, 2.24) is 24.6 Å². The summed E-state index contributed by atoms with van der Waals surface area (Å²) in [7, 11) is 5.98. The first-order valence-corrected chi connectivity index (χ1v) is 5.83. The van der Waals surface area contributed by atoms with Gasteiger partial charge < -0.3 is 9.88 Å². The lowest BCUT2D eigenvalue weighted by molar-refractivity contribution is 0.496. The van der Waals surface area contributed by atoms with Crippen molar-refractivity contribution in [2.45, 2.75) is 18.9 Å². The van der Waals surface area contributed by atoms with Gasteiger partial charge in [-0.25, -0.2) is 4.98 Å². The SMILES string of the molecule is CNC(CCc1ccnn1C)c1nccn1C. The molecule has 1 atom stereocenters. The molecule has 0 bridgehead atoms. The highest BCUT2D eigenvalue weighted by molar-refractivity contribution is 5.04. The Morgan fingerprint density at radius 3 is 2.71 bits per heavy atom. The summed E-state index contributed by atoms with van der Waals surface area (Å²) >= 11 is 0. The average Bonchev–Trinajstić information content (AvgIpc) is 2.90. The van der Waals surface area contributed by atoms with Crippen molar-refractivity contribution >= 4 is 0 Å². The van der Waals surface area contributed by atoms with E-state index < -0.39 is 0 Å². The van der Waals surface area contributed by atoms with Gasteiger partial charge >= 0.3 is 0 Å². The average molecular weight is 233 g/mol. The van der Waals surface area contributed by atoms with Crippen LogP contribution in [-0.2, 0) is 20.5 Å². The summed E-state index contributed by atoms with van der Waals surface area (Å²) in [5.74, 6) is 1.08. The largest absolute Gasteiger partial charge is 0.337 e. The lowest BCUT2D eigenvalue weighted by Gasteiger charge is -2.15. The van der Waals surface area contributed by atoms with Crippen LogP contribution in [0.4, 0.5) is 0 Å². The van der Waals surface area contributed by atoms with E-state index in [1.165, 1.54) is 5.69 Å². The maximum Gasteiger partial charge on any atom is 0.125 e. The number of imidazole rings is 1. The molecule has 1 unspecified atom stereocenters. The summed E-state index contributed by atoms with van der Waals surface area (Å²) in [6, 6.07) is 2.34. The van der Waals surface area contributed by atoms with E-state index in [4.69, 9.17) is 0 Å². The fourth-order valence-electron chi connectivity index (χ4n) is 2.05. The summed E-state index contributed by atoms with van der Waals surface area (Å²) in [5.41, 5.74) is 1.25. The zero-order valence-corrected chi connectivity index (χ0v) is 10.6. The summed E-state index contributed by atoms with van der Waals surface area (Å²) < 4.78 is 3.98. The minimum Gasteiger partial charge on any atom is -0.337 e. The monoisotopic (exact) mass is 233 g/mol. The Kier molecular flexibility index (Phi) is 3.58. The van der Waals surface area contributed by atoms with Crippen molar-refractivity contribution in [2.24, 2.45) is 14.1 Å². The molecule has 2 aromatic heterocycles. The van der Waals surface area contributed by atoms with Gasteiger partial charge in [-0.05, 0) is 26.0 Å². The number of rotatable bonds is 5. The molecule has 0 saturated carbocycles. The van der Waals surface area contributed by atoms with Crippen LogP contribution in [-0.4, -0.2) is 26.4 Å². The molecular formula is C12H19N5. The molecule has 1 N–H and O–H groups in total. The third-order valence-corrected chi connectivity index (χ3v) is 3.13. The van der Waals surface area contributed by atoms with Crippen LogP contribution >= 0.6 is 0 Å². The summed E-state index contributed by atoms with van der Waals surface area (Å²) in [6.45, 7) is 0. The molecule has 0 spiro atoms. The van der Waals surface area contributed by atoms with Gasteiger partial charge in [-0.1, -0.05) is 0 Å². The van der Waals surface area contributed by atoms with Crippen LogP contribution < -0.4 is 5.32 Å². The predicted molar refractivity (Wildman–Crippen MR) is 66.5 cm³/mol. The second-order valence-electron chi connectivity index (χ2n) is 4.22. The van der Waals surface area contributed by atoms with E-state index in [9.17, 15) is 0 Å². The fourth-order valence-corrected chi connectivity index (χ4v) is 2.05. The van der Waals surface area contributed by atoms with E-state index in [0.717, 1.165) is 18.7 Å².